The highest BCUT2D eigenvalue weighted by molar-refractivity contribution is 9.10. The van der Waals surface area contributed by atoms with Crippen LogP contribution in [0.15, 0.2) is 87.6 Å². The molecule has 1 atom stereocenters. The van der Waals surface area contributed by atoms with E-state index in [1.807, 2.05) is 60.7 Å². The van der Waals surface area contributed by atoms with Gasteiger partial charge in [-0.15, -0.1) is 0 Å². The lowest BCUT2D eigenvalue weighted by Gasteiger charge is -2.26. The van der Waals surface area contributed by atoms with Crippen LogP contribution in [0.2, 0.25) is 0 Å². The Morgan fingerprint density at radius 2 is 1.73 bits per heavy atom. The second kappa shape index (κ2) is 6.84. The third-order valence-corrected chi connectivity index (χ3v) is 5.01. The van der Waals surface area contributed by atoms with E-state index in [1.54, 1.807) is 17.2 Å². The average molecular weight is 410 g/mol. The average Bonchev–Trinajstić information content (AvgIpc) is 3.26. The van der Waals surface area contributed by atoms with Gasteiger partial charge in [-0.1, -0.05) is 58.4 Å². The number of aliphatic hydroxyl groups excluding tert-OH is 1. The number of carbonyl (C=O) groups excluding carboxylic acids is 1. The molecule has 1 aromatic heterocycles. The summed E-state index contributed by atoms with van der Waals surface area (Å²) in [6, 6.07) is 20.5. The van der Waals surface area contributed by atoms with Crippen LogP contribution in [-0.2, 0) is 11.3 Å². The zero-order valence-corrected chi connectivity index (χ0v) is 15.4. The molecule has 0 saturated heterocycles. The van der Waals surface area contributed by atoms with Gasteiger partial charge in [0.05, 0.1) is 18.8 Å². The van der Waals surface area contributed by atoms with Crippen molar-refractivity contribution in [1.29, 1.82) is 0 Å². The predicted octanol–water partition coefficient (Wildman–Crippen LogP) is 5.09. The molecule has 0 aliphatic carbocycles. The SMILES string of the molecule is O=C1C(O)=C(c2ccccc2)[C@@H](c2ccc(Br)cc2)N1Cc1ccco1. The Bertz CT molecular complexity index is 947. The highest BCUT2D eigenvalue weighted by Gasteiger charge is 2.41. The Morgan fingerprint density at radius 1 is 1.00 bits per heavy atom. The minimum absolute atomic E-state index is 0.212. The van der Waals surface area contributed by atoms with Gasteiger partial charge in [0, 0.05) is 10.0 Å². The van der Waals surface area contributed by atoms with Gasteiger partial charge in [0.1, 0.15) is 5.76 Å². The molecule has 1 aliphatic heterocycles. The maximum absolute atomic E-state index is 12.8. The number of rotatable bonds is 4. The van der Waals surface area contributed by atoms with Crippen LogP contribution in [0.3, 0.4) is 0 Å². The number of furan rings is 1. The van der Waals surface area contributed by atoms with Crippen molar-refractivity contribution in [2.75, 3.05) is 0 Å². The van der Waals surface area contributed by atoms with Gasteiger partial charge >= 0.3 is 0 Å². The fourth-order valence-corrected chi connectivity index (χ4v) is 3.56. The first-order valence-electron chi connectivity index (χ1n) is 8.22. The molecular formula is C21H16BrNO3. The lowest BCUT2D eigenvalue weighted by molar-refractivity contribution is -0.130. The number of hydrogen-bond acceptors (Lipinski definition) is 3. The molecule has 1 N–H and O–H groups in total. The summed E-state index contributed by atoms with van der Waals surface area (Å²) in [6.07, 6.45) is 1.58. The first kappa shape index (κ1) is 16.7. The number of benzene rings is 2. The van der Waals surface area contributed by atoms with Gasteiger partial charge in [0.15, 0.2) is 5.76 Å². The molecule has 1 amide bonds. The van der Waals surface area contributed by atoms with Crippen LogP contribution in [0, 0.1) is 0 Å². The summed E-state index contributed by atoms with van der Waals surface area (Å²) in [6.45, 7) is 0.285. The van der Waals surface area contributed by atoms with Gasteiger partial charge < -0.3 is 14.4 Å². The van der Waals surface area contributed by atoms with Crippen LogP contribution in [0.25, 0.3) is 5.57 Å². The molecule has 0 fully saturated rings. The number of hydrogen-bond donors (Lipinski definition) is 1. The summed E-state index contributed by atoms with van der Waals surface area (Å²) in [4.78, 5) is 14.5. The fourth-order valence-electron chi connectivity index (χ4n) is 3.29. The van der Waals surface area contributed by atoms with Gasteiger partial charge in [-0.2, -0.15) is 0 Å². The van der Waals surface area contributed by atoms with Crippen LogP contribution in [0.1, 0.15) is 22.9 Å². The van der Waals surface area contributed by atoms with E-state index in [9.17, 15) is 9.90 Å². The molecular weight excluding hydrogens is 394 g/mol. The topological polar surface area (TPSA) is 53.7 Å². The van der Waals surface area contributed by atoms with Crippen molar-refractivity contribution in [3.8, 4) is 0 Å². The van der Waals surface area contributed by atoms with E-state index in [-0.39, 0.29) is 18.3 Å². The minimum Gasteiger partial charge on any atom is -0.503 e. The molecule has 5 heteroatoms. The smallest absolute Gasteiger partial charge is 0.290 e. The van der Waals surface area contributed by atoms with Crippen LogP contribution >= 0.6 is 15.9 Å². The third kappa shape index (κ3) is 2.95. The molecule has 3 aromatic rings. The number of nitrogens with zero attached hydrogens (tertiary/aromatic N) is 1. The Morgan fingerprint density at radius 3 is 2.38 bits per heavy atom. The van der Waals surface area contributed by atoms with Crippen LogP contribution in [-0.4, -0.2) is 15.9 Å². The summed E-state index contributed by atoms with van der Waals surface area (Å²) < 4.78 is 6.38. The number of halogens is 1. The second-order valence-corrected chi connectivity index (χ2v) is 7.01. The zero-order valence-electron chi connectivity index (χ0n) is 13.8. The van der Waals surface area contributed by atoms with E-state index in [1.165, 1.54) is 0 Å². The highest BCUT2D eigenvalue weighted by Crippen LogP contribution is 2.43. The number of carbonyl (C=O) groups is 1. The van der Waals surface area contributed by atoms with Crippen molar-refractivity contribution in [2.45, 2.75) is 12.6 Å². The minimum atomic E-state index is -0.395. The summed E-state index contributed by atoms with van der Waals surface area (Å²) in [7, 11) is 0. The Hall–Kier alpha value is -2.79. The van der Waals surface area contributed by atoms with Crippen molar-refractivity contribution in [1.82, 2.24) is 4.90 Å². The molecule has 0 spiro atoms. The Labute approximate surface area is 159 Å². The van der Waals surface area contributed by atoms with Gasteiger partial charge in [0.2, 0.25) is 0 Å². The summed E-state index contributed by atoms with van der Waals surface area (Å²) >= 11 is 3.44. The Balaban J connectivity index is 1.82. The first-order valence-corrected chi connectivity index (χ1v) is 9.02. The van der Waals surface area contributed by atoms with E-state index in [4.69, 9.17) is 4.42 Å². The van der Waals surface area contributed by atoms with E-state index >= 15 is 0 Å². The molecule has 1 aliphatic rings. The first-order chi connectivity index (χ1) is 12.6. The summed E-state index contributed by atoms with van der Waals surface area (Å²) in [5, 5.41) is 10.6. The van der Waals surface area contributed by atoms with Crippen LogP contribution in [0.4, 0.5) is 0 Å². The molecule has 0 saturated carbocycles. The van der Waals surface area contributed by atoms with Crippen molar-refractivity contribution in [2.24, 2.45) is 0 Å². The standard InChI is InChI=1S/C21H16BrNO3/c22-16-10-8-15(9-11-16)19-18(14-5-2-1-3-6-14)20(24)21(25)23(19)13-17-7-4-12-26-17/h1-12,19,24H,13H2/t19-/m1/s1. The Kier molecular flexibility index (Phi) is 4.39. The van der Waals surface area contributed by atoms with E-state index in [0.29, 0.717) is 11.3 Å². The monoisotopic (exact) mass is 409 g/mol. The molecule has 0 bridgehead atoms. The van der Waals surface area contributed by atoms with E-state index < -0.39 is 5.91 Å². The van der Waals surface area contributed by atoms with Crippen molar-refractivity contribution in [3.05, 3.63) is 100 Å². The van der Waals surface area contributed by atoms with Gasteiger partial charge in [-0.25, -0.2) is 0 Å². The lowest BCUT2D eigenvalue weighted by atomic mass is 9.93. The second-order valence-electron chi connectivity index (χ2n) is 6.09. The van der Waals surface area contributed by atoms with Crippen molar-refractivity contribution < 1.29 is 14.3 Å². The number of aliphatic hydroxyl groups is 1. The van der Waals surface area contributed by atoms with Gasteiger partial charge in [-0.3, -0.25) is 4.79 Å². The van der Waals surface area contributed by atoms with Crippen LogP contribution < -0.4 is 0 Å². The fraction of sp³-hybridized carbons (Fsp3) is 0.0952. The molecule has 4 rings (SSSR count). The third-order valence-electron chi connectivity index (χ3n) is 4.48. The highest BCUT2D eigenvalue weighted by atomic mass is 79.9. The maximum atomic E-state index is 12.8. The molecule has 0 unspecified atom stereocenters. The van der Waals surface area contributed by atoms with Crippen molar-refractivity contribution >= 4 is 27.4 Å². The van der Waals surface area contributed by atoms with E-state index in [2.05, 4.69) is 15.9 Å². The molecule has 130 valence electrons. The molecule has 2 aromatic carbocycles. The molecule has 4 nitrogen and oxygen atoms in total. The van der Waals surface area contributed by atoms with Crippen LogP contribution in [0.5, 0.6) is 0 Å². The zero-order chi connectivity index (χ0) is 18.1. The van der Waals surface area contributed by atoms with Gasteiger partial charge in [-0.05, 0) is 35.4 Å². The summed E-state index contributed by atoms with van der Waals surface area (Å²) in [5.74, 6) is 0.0615. The normalized spacial score (nSPS) is 17.2. The van der Waals surface area contributed by atoms with Gasteiger partial charge in [0.25, 0.3) is 5.91 Å². The van der Waals surface area contributed by atoms with Crippen molar-refractivity contribution in [3.63, 3.8) is 0 Å². The number of amides is 1. The molecule has 2 heterocycles. The van der Waals surface area contributed by atoms with E-state index in [0.717, 1.165) is 15.6 Å². The predicted molar refractivity (Wildman–Crippen MR) is 102 cm³/mol. The molecule has 0 radical (unpaired) electrons. The molecule has 26 heavy (non-hydrogen) atoms. The quantitative estimate of drug-likeness (QED) is 0.652. The maximum Gasteiger partial charge on any atom is 0.290 e. The largest absolute Gasteiger partial charge is 0.503 e. The summed E-state index contributed by atoms with van der Waals surface area (Å²) in [5.41, 5.74) is 2.37. The lowest BCUT2D eigenvalue weighted by Crippen LogP contribution is -2.29.